The van der Waals surface area contributed by atoms with Gasteiger partial charge in [0.05, 0.1) is 23.2 Å². The molecule has 0 spiro atoms. The van der Waals surface area contributed by atoms with Crippen LogP contribution in [-0.2, 0) is 0 Å². The van der Waals surface area contributed by atoms with Gasteiger partial charge in [-0.1, -0.05) is 20.3 Å². The molecular formula is C12H17N3O. The van der Waals surface area contributed by atoms with E-state index < -0.39 is 0 Å². The van der Waals surface area contributed by atoms with Crippen molar-refractivity contribution in [2.75, 3.05) is 6.61 Å². The van der Waals surface area contributed by atoms with Crippen molar-refractivity contribution in [3.8, 4) is 5.88 Å². The van der Waals surface area contributed by atoms with Crippen LogP contribution in [0.25, 0.3) is 10.9 Å². The number of aromatic amines is 1. The number of nitrogens with one attached hydrogen (secondary N) is 1. The third-order valence-electron chi connectivity index (χ3n) is 2.82. The van der Waals surface area contributed by atoms with Gasteiger partial charge >= 0.3 is 0 Å². The van der Waals surface area contributed by atoms with Gasteiger partial charge in [0.25, 0.3) is 0 Å². The Morgan fingerprint density at radius 2 is 2.31 bits per heavy atom. The number of hydrogen-bond donors (Lipinski definition) is 1. The Morgan fingerprint density at radius 1 is 1.50 bits per heavy atom. The third-order valence-corrected chi connectivity index (χ3v) is 2.82. The first kappa shape index (κ1) is 10.9. The number of hydrogen-bond acceptors (Lipinski definition) is 3. The third kappa shape index (κ3) is 2.01. The topological polar surface area (TPSA) is 50.8 Å². The van der Waals surface area contributed by atoms with Gasteiger partial charge in [0.1, 0.15) is 0 Å². The van der Waals surface area contributed by atoms with Crippen molar-refractivity contribution in [2.45, 2.75) is 27.2 Å². The monoisotopic (exact) mass is 219 g/mol. The summed E-state index contributed by atoms with van der Waals surface area (Å²) in [6, 6.07) is 1.91. The van der Waals surface area contributed by atoms with Gasteiger partial charge in [-0.05, 0) is 18.9 Å². The summed E-state index contributed by atoms with van der Waals surface area (Å²) >= 11 is 0. The second kappa shape index (κ2) is 4.51. The molecule has 0 aliphatic rings. The fraction of sp³-hybridized carbons (Fsp3) is 0.500. The first-order chi connectivity index (χ1) is 7.72. The number of H-pyrrole nitrogens is 1. The summed E-state index contributed by atoms with van der Waals surface area (Å²) in [6.07, 6.45) is 2.85. The maximum atomic E-state index is 5.74. The van der Waals surface area contributed by atoms with E-state index in [1.54, 1.807) is 6.20 Å². The van der Waals surface area contributed by atoms with Crippen molar-refractivity contribution in [1.29, 1.82) is 0 Å². The average molecular weight is 219 g/mol. The number of ether oxygens (including phenoxy) is 1. The summed E-state index contributed by atoms with van der Waals surface area (Å²) in [5, 5.41) is 8.11. The molecule has 2 heterocycles. The minimum atomic E-state index is 0.546. The second-order valence-electron chi connectivity index (χ2n) is 4.17. The summed E-state index contributed by atoms with van der Waals surface area (Å²) in [4.78, 5) is 4.26. The predicted molar refractivity (Wildman–Crippen MR) is 63.6 cm³/mol. The molecule has 0 aliphatic carbocycles. The summed E-state index contributed by atoms with van der Waals surface area (Å²) in [5.41, 5.74) is 1.91. The molecule has 2 aromatic rings. The molecule has 1 atom stereocenters. The fourth-order valence-electron chi connectivity index (χ4n) is 1.53. The molecule has 0 amide bonds. The van der Waals surface area contributed by atoms with E-state index in [4.69, 9.17) is 4.74 Å². The molecule has 1 unspecified atom stereocenters. The Kier molecular flexibility index (Phi) is 3.08. The quantitative estimate of drug-likeness (QED) is 0.860. The van der Waals surface area contributed by atoms with E-state index in [1.165, 1.54) is 0 Å². The zero-order valence-electron chi connectivity index (χ0n) is 9.95. The molecule has 16 heavy (non-hydrogen) atoms. The molecule has 2 rings (SSSR count). The van der Waals surface area contributed by atoms with Gasteiger partial charge in [-0.3, -0.25) is 5.10 Å². The van der Waals surface area contributed by atoms with Crippen LogP contribution in [0.15, 0.2) is 12.3 Å². The van der Waals surface area contributed by atoms with E-state index in [-0.39, 0.29) is 0 Å². The highest BCUT2D eigenvalue weighted by atomic mass is 16.5. The van der Waals surface area contributed by atoms with Gasteiger partial charge in [0, 0.05) is 6.20 Å². The molecule has 0 bridgehead atoms. The Labute approximate surface area is 95.0 Å². The number of pyridine rings is 1. The molecule has 4 heteroatoms. The number of rotatable bonds is 4. The van der Waals surface area contributed by atoms with E-state index in [2.05, 4.69) is 29.0 Å². The van der Waals surface area contributed by atoms with Crippen LogP contribution in [0.1, 0.15) is 26.0 Å². The maximum Gasteiger partial charge on any atom is 0.224 e. The molecule has 2 aromatic heterocycles. The van der Waals surface area contributed by atoms with Crippen molar-refractivity contribution in [3.05, 3.63) is 18.0 Å². The summed E-state index contributed by atoms with van der Waals surface area (Å²) in [6.45, 7) is 6.98. The molecule has 0 saturated heterocycles. The Morgan fingerprint density at radius 3 is 3.06 bits per heavy atom. The zero-order chi connectivity index (χ0) is 11.5. The van der Waals surface area contributed by atoms with Crippen LogP contribution in [0.3, 0.4) is 0 Å². The normalized spacial score (nSPS) is 12.9. The van der Waals surface area contributed by atoms with E-state index in [0.29, 0.717) is 18.4 Å². The Bertz CT molecular complexity index is 478. The minimum Gasteiger partial charge on any atom is -0.477 e. The van der Waals surface area contributed by atoms with Gasteiger partial charge < -0.3 is 4.74 Å². The van der Waals surface area contributed by atoms with Gasteiger partial charge in [-0.25, -0.2) is 4.98 Å². The van der Waals surface area contributed by atoms with Crippen molar-refractivity contribution < 1.29 is 4.74 Å². The van der Waals surface area contributed by atoms with Gasteiger partial charge in [0.2, 0.25) is 5.88 Å². The minimum absolute atomic E-state index is 0.546. The Balaban J connectivity index is 2.26. The molecular weight excluding hydrogens is 202 g/mol. The molecule has 0 saturated carbocycles. The Hall–Kier alpha value is -1.58. The highest BCUT2D eigenvalue weighted by Crippen LogP contribution is 2.24. The number of nitrogens with zero attached hydrogens (tertiary/aromatic N) is 2. The van der Waals surface area contributed by atoms with Gasteiger partial charge in [0.15, 0.2) is 0 Å². The number of aryl methyl sites for hydroxylation is 1. The zero-order valence-corrected chi connectivity index (χ0v) is 9.95. The SMILES string of the molecule is CCC(C)COc1nccc2[nH]nc(C)c12. The lowest BCUT2D eigenvalue weighted by Crippen LogP contribution is -2.08. The lowest BCUT2D eigenvalue weighted by molar-refractivity contribution is 0.251. The largest absolute Gasteiger partial charge is 0.477 e. The molecule has 4 nitrogen and oxygen atoms in total. The van der Waals surface area contributed by atoms with E-state index in [1.807, 2.05) is 13.0 Å². The van der Waals surface area contributed by atoms with Crippen LogP contribution in [0.5, 0.6) is 5.88 Å². The number of fused-ring (bicyclic) bond motifs is 1. The average Bonchev–Trinajstić information content (AvgIpc) is 2.69. The molecule has 0 aliphatic heterocycles. The fourth-order valence-corrected chi connectivity index (χ4v) is 1.53. The lowest BCUT2D eigenvalue weighted by Gasteiger charge is -2.10. The molecule has 0 fully saturated rings. The maximum absolute atomic E-state index is 5.74. The first-order valence-corrected chi connectivity index (χ1v) is 5.64. The first-order valence-electron chi connectivity index (χ1n) is 5.64. The molecule has 1 N–H and O–H groups in total. The highest BCUT2D eigenvalue weighted by Gasteiger charge is 2.10. The molecule has 0 radical (unpaired) electrons. The van der Waals surface area contributed by atoms with E-state index in [0.717, 1.165) is 23.0 Å². The van der Waals surface area contributed by atoms with Gasteiger partial charge in [-0.2, -0.15) is 5.10 Å². The smallest absolute Gasteiger partial charge is 0.224 e. The van der Waals surface area contributed by atoms with E-state index in [9.17, 15) is 0 Å². The van der Waals surface area contributed by atoms with Crippen molar-refractivity contribution >= 4 is 10.9 Å². The highest BCUT2D eigenvalue weighted by molar-refractivity contribution is 5.85. The van der Waals surface area contributed by atoms with Crippen LogP contribution < -0.4 is 4.74 Å². The van der Waals surface area contributed by atoms with Crippen molar-refractivity contribution in [1.82, 2.24) is 15.2 Å². The molecule has 86 valence electrons. The lowest BCUT2D eigenvalue weighted by atomic mass is 10.1. The van der Waals surface area contributed by atoms with Crippen LogP contribution in [0, 0.1) is 12.8 Å². The molecule has 0 aromatic carbocycles. The second-order valence-corrected chi connectivity index (χ2v) is 4.17. The van der Waals surface area contributed by atoms with Crippen LogP contribution in [0.2, 0.25) is 0 Å². The van der Waals surface area contributed by atoms with Crippen LogP contribution in [0.4, 0.5) is 0 Å². The van der Waals surface area contributed by atoms with Crippen LogP contribution >= 0.6 is 0 Å². The van der Waals surface area contributed by atoms with Crippen LogP contribution in [-0.4, -0.2) is 21.8 Å². The van der Waals surface area contributed by atoms with E-state index >= 15 is 0 Å². The van der Waals surface area contributed by atoms with Gasteiger partial charge in [-0.15, -0.1) is 0 Å². The summed E-state index contributed by atoms with van der Waals surface area (Å²) in [7, 11) is 0. The summed E-state index contributed by atoms with van der Waals surface area (Å²) < 4.78 is 5.74. The van der Waals surface area contributed by atoms with Crippen molar-refractivity contribution in [2.24, 2.45) is 5.92 Å². The number of aromatic nitrogens is 3. The summed E-state index contributed by atoms with van der Waals surface area (Å²) in [5.74, 6) is 1.23. The predicted octanol–water partition coefficient (Wildman–Crippen LogP) is 2.69. The van der Waals surface area contributed by atoms with Crippen molar-refractivity contribution in [3.63, 3.8) is 0 Å². The standard InChI is InChI=1S/C12H17N3O/c1-4-8(2)7-16-12-11-9(3)14-15-10(11)5-6-13-12/h5-6,8H,4,7H2,1-3H3,(H,14,15).